The van der Waals surface area contributed by atoms with E-state index in [0.29, 0.717) is 12.4 Å². The van der Waals surface area contributed by atoms with Crippen molar-refractivity contribution in [1.82, 2.24) is 0 Å². The quantitative estimate of drug-likeness (QED) is 0.198. The van der Waals surface area contributed by atoms with Gasteiger partial charge >= 0.3 is 5.69 Å². The Morgan fingerprint density at radius 2 is 1.72 bits per heavy atom. The number of nitrogens with zero attached hydrogens (tertiary/aromatic N) is 3. The van der Waals surface area contributed by atoms with Crippen LogP contribution in [0.3, 0.4) is 0 Å². The van der Waals surface area contributed by atoms with Crippen molar-refractivity contribution in [2.45, 2.75) is 25.0 Å². The number of benzene rings is 4. The second-order valence-corrected chi connectivity index (χ2v) is 10.2. The lowest BCUT2D eigenvalue weighted by Gasteiger charge is -2.40. The molecule has 2 aliphatic rings. The minimum Gasteiger partial charge on any atom is -0.450 e. The molecule has 0 spiro atoms. The van der Waals surface area contributed by atoms with Crippen molar-refractivity contribution in [1.29, 1.82) is 0 Å². The molecule has 1 saturated heterocycles. The van der Waals surface area contributed by atoms with Crippen LogP contribution in [-0.4, -0.2) is 28.7 Å². The molecule has 6 rings (SSSR count). The SMILES string of the molecule is CC1(C)c2c(ccc3ccccc23)N2CCOC21C=Cc1ccc(Oc2ccc([N+](=O)[O-])cc2[N+](=O)[O-])cc1. The zero-order valence-corrected chi connectivity index (χ0v) is 21.4. The predicted molar refractivity (Wildman–Crippen MR) is 148 cm³/mol. The Hall–Kier alpha value is -4.76. The Labute approximate surface area is 224 Å². The van der Waals surface area contributed by atoms with E-state index < -0.39 is 21.3 Å². The van der Waals surface area contributed by atoms with Crippen molar-refractivity contribution >= 4 is 33.9 Å². The number of nitro benzene ring substituents is 2. The van der Waals surface area contributed by atoms with Crippen LogP contribution in [0.1, 0.15) is 25.0 Å². The zero-order valence-electron chi connectivity index (χ0n) is 21.4. The molecule has 4 aromatic rings. The van der Waals surface area contributed by atoms with E-state index in [2.05, 4.69) is 61.2 Å². The van der Waals surface area contributed by atoms with Crippen LogP contribution in [-0.2, 0) is 10.2 Å². The van der Waals surface area contributed by atoms with Gasteiger partial charge in [0, 0.05) is 23.7 Å². The molecule has 1 unspecified atom stereocenters. The van der Waals surface area contributed by atoms with Gasteiger partial charge in [0.25, 0.3) is 5.69 Å². The highest BCUT2D eigenvalue weighted by Gasteiger charge is 2.59. The minimum absolute atomic E-state index is 0.0690. The van der Waals surface area contributed by atoms with E-state index in [1.165, 1.54) is 34.2 Å². The summed E-state index contributed by atoms with van der Waals surface area (Å²) >= 11 is 0. The number of fused-ring (bicyclic) bond motifs is 5. The van der Waals surface area contributed by atoms with Crippen LogP contribution >= 0.6 is 0 Å². The van der Waals surface area contributed by atoms with Crippen LogP contribution in [0.2, 0.25) is 0 Å². The lowest BCUT2D eigenvalue weighted by atomic mass is 9.75. The number of ether oxygens (including phenoxy) is 2. The van der Waals surface area contributed by atoms with Gasteiger partial charge in [0.15, 0.2) is 5.72 Å². The van der Waals surface area contributed by atoms with Crippen LogP contribution < -0.4 is 9.64 Å². The van der Waals surface area contributed by atoms with Crippen LogP contribution in [0.4, 0.5) is 17.1 Å². The highest BCUT2D eigenvalue weighted by molar-refractivity contribution is 5.94. The van der Waals surface area contributed by atoms with Crippen LogP contribution in [0.25, 0.3) is 16.8 Å². The summed E-state index contributed by atoms with van der Waals surface area (Å²) in [6.07, 6.45) is 4.14. The van der Waals surface area contributed by atoms with E-state index >= 15 is 0 Å². The number of nitro groups is 2. The van der Waals surface area contributed by atoms with Crippen molar-refractivity contribution in [3.8, 4) is 11.5 Å². The summed E-state index contributed by atoms with van der Waals surface area (Å²) in [7, 11) is 0. The number of rotatable bonds is 6. The molecule has 1 atom stereocenters. The van der Waals surface area contributed by atoms with Crippen LogP contribution in [0.15, 0.2) is 84.9 Å². The van der Waals surface area contributed by atoms with Crippen molar-refractivity contribution in [3.63, 3.8) is 0 Å². The van der Waals surface area contributed by atoms with Gasteiger partial charge < -0.3 is 14.4 Å². The second kappa shape index (κ2) is 8.92. The van der Waals surface area contributed by atoms with E-state index in [-0.39, 0.29) is 16.9 Å². The summed E-state index contributed by atoms with van der Waals surface area (Å²) < 4.78 is 12.2. The molecule has 0 N–H and O–H groups in total. The highest BCUT2D eigenvalue weighted by atomic mass is 16.6. The van der Waals surface area contributed by atoms with E-state index in [1.807, 2.05) is 18.2 Å². The van der Waals surface area contributed by atoms with Gasteiger partial charge in [-0.1, -0.05) is 62.4 Å². The predicted octanol–water partition coefficient (Wildman–Crippen LogP) is 6.99. The Balaban J connectivity index is 1.29. The third-order valence-corrected chi connectivity index (χ3v) is 7.72. The van der Waals surface area contributed by atoms with Crippen molar-refractivity contribution < 1.29 is 19.3 Å². The molecule has 9 nitrogen and oxygen atoms in total. The van der Waals surface area contributed by atoms with E-state index in [4.69, 9.17) is 9.47 Å². The average molecular weight is 524 g/mol. The van der Waals surface area contributed by atoms with Crippen LogP contribution in [0, 0.1) is 20.2 Å². The molecule has 0 bridgehead atoms. The summed E-state index contributed by atoms with van der Waals surface area (Å²) in [5, 5.41) is 24.9. The molecule has 39 heavy (non-hydrogen) atoms. The third kappa shape index (κ3) is 3.81. The minimum atomic E-state index is -0.698. The molecule has 2 aliphatic heterocycles. The summed E-state index contributed by atoms with van der Waals surface area (Å²) in [5.74, 6) is 0.307. The number of anilines is 1. The van der Waals surface area contributed by atoms with Crippen molar-refractivity contribution in [2.75, 3.05) is 18.1 Å². The van der Waals surface area contributed by atoms with E-state index in [9.17, 15) is 20.2 Å². The largest absolute Gasteiger partial charge is 0.450 e. The van der Waals surface area contributed by atoms with Gasteiger partial charge in [0.1, 0.15) is 5.75 Å². The molecule has 4 aromatic carbocycles. The molecule has 9 heteroatoms. The Kier molecular flexibility index (Phi) is 5.62. The highest BCUT2D eigenvalue weighted by Crippen LogP contribution is 2.57. The fourth-order valence-corrected chi connectivity index (χ4v) is 5.85. The van der Waals surface area contributed by atoms with Gasteiger partial charge in [-0.05, 0) is 52.2 Å². The molecule has 0 saturated carbocycles. The summed E-state index contributed by atoms with van der Waals surface area (Å²) in [6.45, 7) is 5.87. The van der Waals surface area contributed by atoms with Crippen molar-refractivity contribution in [2.24, 2.45) is 0 Å². The average Bonchev–Trinajstić information content (AvgIpc) is 3.44. The monoisotopic (exact) mass is 523 g/mol. The Morgan fingerprint density at radius 1 is 0.949 bits per heavy atom. The summed E-state index contributed by atoms with van der Waals surface area (Å²) in [4.78, 5) is 23.4. The standard InChI is InChI=1S/C30H25N3O6/c1-29(2)28-24-6-4-3-5-21(24)9-13-25(28)31-17-18-38-30(29,31)16-15-20-7-11-23(12-8-20)39-27-14-10-22(32(34)35)19-26(27)33(36)37/h3-16,19H,17-18H2,1-2H3. The molecule has 2 heterocycles. The van der Waals surface area contributed by atoms with Gasteiger partial charge in [0.05, 0.1) is 22.5 Å². The maximum Gasteiger partial charge on any atom is 0.318 e. The number of hydrogen-bond donors (Lipinski definition) is 0. The first-order valence-corrected chi connectivity index (χ1v) is 12.6. The molecule has 0 aromatic heterocycles. The van der Waals surface area contributed by atoms with E-state index in [0.717, 1.165) is 18.2 Å². The second-order valence-electron chi connectivity index (χ2n) is 10.2. The molecule has 0 amide bonds. The molecule has 1 fully saturated rings. The molecular formula is C30H25N3O6. The number of hydrogen-bond acceptors (Lipinski definition) is 7. The van der Waals surface area contributed by atoms with Gasteiger partial charge in [-0.15, -0.1) is 0 Å². The third-order valence-electron chi connectivity index (χ3n) is 7.72. The van der Waals surface area contributed by atoms with Crippen molar-refractivity contribution in [3.05, 3.63) is 116 Å². The molecular weight excluding hydrogens is 498 g/mol. The first kappa shape index (κ1) is 24.6. The maximum atomic E-state index is 11.4. The first-order chi connectivity index (χ1) is 18.7. The normalized spacial score (nSPS) is 19.3. The van der Waals surface area contributed by atoms with E-state index in [1.54, 1.807) is 12.1 Å². The van der Waals surface area contributed by atoms with Gasteiger partial charge in [-0.2, -0.15) is 0 Å². The summed E-state index contributed by atoms with van der Waals surface area (Å²) in [6, 6.07) is 23.2. The maximum absolute atomic E-state index is 11.4. The molecule has 0 radical (unpaired) electrons. The Bertz CT molecular complexity index is 1660. The van der Waals surface area contributed by atoms with Gasteiger partial charge in [0.2, 0.25) is 5.75 Å². The lowest BCUT2D eigenvalue weighted by molar-refractivity contribution is -0.394. The lowest BCUT2D eigenvalue weighted by Crippen LogP contribution is -2.51. The zero-order chi connectivity index (χ0) is 27.4. The smallest absolute Gasteiger partial charge is 0.318 e. The van der Waals surface area contributed by atoms with Gasteiger partial charge in [-0.3, -0.25) is 20.2 Å². The Morgan fingerprint density at radius 3 is 2.46 bits per heavy atom. The van der Waals surface area contributed by atoms with Crippen LogP contribution in [0.5, 0.6) is 11.5 Å². The summed E-state index contributed by atoms with van der Waals surface area (Å²) in [5.41, 5.74) is 1.56. The first-order valence-electron chi connectivity index (χ1n) is 12.6. The fraction of sp³-hybridized carbons (Fsp3) is 0.200. The topological polar surface area (TPSA) is 108 Å². The fourth-order valence-electron chi connectivity index (χ4n) is 5.85. The molecule has 0 aliphatic carbocycles. The number of non-ortho nitro benzene ring substituents is 1. The molecule has 196 valence electrons. The van der Waals surface area contributed by atoms with Gasteiger partial charge in [-0.25, -0.2) is 0 Å².